The van der Waals surface area contributed by atoms with Crippen LogP contribution in [0.3, 0.4) is 0 Å². The van der Waals surface area contributed by atoms with Gasteiger partial charge in [0.1, 0.15) is 0 Å². The summed E-state index contributed by atoms with van der Waals surface area (Å²) in [6, 6.07) is 9.32. The zero-order valence-electron chi connectivity index (χ0n) is 10.2. The van der Waals surface area contributed by atoms with Gasteiger partial charge >= 0.3 is 0 Å². The molecule has 19 heavy (non-hydrogen) atoms. The quantitative estimate of drug-likeness (QED) is 0.707. The highest BCUT2D eigenvalue weighted by atomic mass is 35.5. The molecule has 0 bridgehead atoms. The van der Waals surface area contributed by atoms with Crippen molar-refractivity contribution in [3.8, 4) is 22.8 Å². The van der Waals surface area contributed by atoms with E-state index in [-0.39, 0.29) is 0 Å². The molecule has 0 spiro atoms. The van der Waals surface area contributed by atoms with E-state index in [9.17, 15) is 0 Å². The second kappa shape index (κ2) is 4.76. The molecule has 3 rings (SSSR count). The van der Waals surface area contributed by atoms with Crippen LogP contribution in [-0.2, 0) is 0 Å². The average Bonchev–Trinajstić information content (AvgIpc) is 2.99. The topological polar surface area (TPSA) is 44.5 Å². The predicted octanol–water partition coefficient (Wildman–Crippen LogP) is 4.69. The van der Waals surface area contributed by atoms with E-state index in [1.165, 1.54) is 0 Å². The lowest BCUT2D eigenvalue weighted by molar-refractivity contribution is 1.22. The van der Waals surface area contributed by atoms with Crippen LogP contribution in [0.25, 0.3) is 22.8 Å². The van der Waals surface area contributed by atoms with E-state index in [1.807, 2.05) is 43.5 Å². The molecule has 2 aromatic heterocycles. The van der Waals surface area contributed by atoms with E-state index in [0.29, 0.717) is 10.0 Å². The maximum Gasteiger partial charge on any atom is 0.154 e. The highest BCUT2D eigenvalue weighted by Crippen LogP contribution is 2.36. The number of nitrogens with one attached hydrogen (secondary N) is 2. The van der Waals surface area contributed by atoms with Gasteiger partial charge in [0.25, 0.3) is 0 Å². The maximum absolute atomic E-state index is 6.22. The number of benzene rings is 1. The van der Waals surface area contributed by atoms with Gasteiger partial charge in [-0.15, -0.1) is 0 Å². The molecular formula is C14H11Cl2N3. The summed E-state index contributed by atoms with van der Waals surface area (Å²) < 4.78 is 0. The molecule has 0 aliphatic carbocycles. The van der Waals surface area contributed by atoms with Gasteiger partial charge in [0.2, 0.25) is 0 Å². The van der Waals surface area contributed by atoms with Crippen LogP contribution in [0.4, 0.5) is 0 Å². The van der Waals surface area contributed by atoms with Crippen molar-refractivity contribution in [3.05, 3.63) is 52.3 Å². The second-order valence-corrected chi connectivity index (χ2v) is 5.05. The molecule has 0 fully saturated rings. The number of rotatable bonds is 2. The Morgan fingerprint density at radius 2 is 1.79 bits per heavy atom. The van der Waals surface area contributed by atoms with Gasteiger partial charge in [0.05, 0.1) is 21.4 Å². The van der Waals surface area contributed by atoms with Gasteiger partial charge in [-0.25, -0.2) is 4.98 Å². The van der Waals surface area contributed by atoms with Crippen LogP contribution >= 0.6 is 23.2 Å². The first kappa shape index (κ1) is 12.3. The number of H-pyrrole nitrogens is 2. The van der Waals surface area contributed by atoms with Crippen molar-refractivity contribution in [2.24, 2.45) is 0 Å². The third kappa shape index (κ3) is 2.15. The molecule has 1 aromatic carbocycles. The number of aromatic nitrogens is 3. The van der Waals surface area contributed by atoms with Crippen LogP contribution in [0, 0.1) is 6.92 Å². The Morgan fingerprint density at radius 1 is 1.05 bits per heavy atom. The number of aromatic amines is 2. The van der Waals surface area contributed by atoms with Gasteiger partial charge in [-0.3, -0.25) is 0 Å². The van der Waals surface area contributed by atoms with Crippen LogP contribution in [-0.4, -0.2) is 15.0 Å². The molecule has 0 amide bonds. The number of hydrogen-bond donors (Lipinski definition) is 2. The molecule has 0 aliphatic heterocycles. The molecule has 0 saturated carbocycles. The van der Waals surface area contributed by atoms with Gasteiger partial charge in [-0.2, -0.15) is 0 Å². The lowest BCUT2D eigenvalue weighted by atomic mass is 10.1. The molecule has 3 nitrogen and oxygen atoms in total. The minimum absolute atomic E-state index is 0.597. The average molecular weight is 292 g/mol. The summed E-state index contributed by atoms with van der Waals surface area (Å²) in [5, 5.41) is 1.19. The highest BCUT2D eigenvalue weighted by molar-refractivity contribution is 6.39. The minimum Gasteiger partial charge on any atom is -0.359 e. The van der Waals surface area contributed by atoms with E-state index < -0.39 is 0 Å². The lowest BCUT2D eigenvalue weighted by Crippen LogP contribution is -1.84. The summed E-state index contributed by atoms with van der Waals surface area (Å²) in [4.78, 5) is 10.9. The first-order valence-electron chi connectivity index (χ1n) is 5.81. The maximum atomic E-state index is 6.22. The van der Waals surface area contributed by atoms with E-state index in [0.717, 1.165) is 28.5 Å². The molecule has 3 aromatic rings. The zero-order valence-corrected chi connectivity index (χ0v) is 11.7. The van der Waals surface area contributed by atoms with Crippen molar-refractivity contribution in [2.75, 3.05) is 0 Å². The fraction of sp³-hybridized carbons (Fsp3) is 0.0714. The lowest BCUT2D eigenvalue weighted by Gasteiger charge is -2.04. The molecule has 0 aliphatic rings. The van der Waals surface area contributed by atoms with Gasteiger partial charge in [0, 0.05) is 17.5 Å². The fourth-order valence-corrected chi connectivity index (χ4v) is 2.61. The second-order valence-electron chi connectivity index (χ2n) is 4.24. The van der Waals surface area contributed by atoms with E-state index in [2.05, 4.69) is 15.0 Å². The Kier molecular flexibility index (Phi) is 3.09. The Labute approximate surface area is 120 Å². The third-order valence-electron chi connectivity index (χ3n) is 2.94. The van der Waals surface area contributed by atoms with Gasteiger partial charge in [0.15, 0.2) is 5.82 Å². The monoisotopic (exact) mass is 291 g/mol. The first-order valence-corrected chi connectivity index (χ1v) is 6.57. The van der Waals surface area contributed by atoms with Crippen molar-refractivity contribution in [1.82, 2.24) is 15.0 Å². The van der Waals surface area contributed by atoms with Gasteiger partial charge in [-0.05, 0) is 31.2 Å². The van der Waals surface area contributed by atoms with Crippen molar-refractivity contribution in [2.45, 2.75) is 6.92 Å². The Bertz CT molecular complexity index is 694. The number of nitrogens with zero attached hydrogens (tertiary/aromatic N) is 1. The van der Waals surface area contributed by atoms with Crippen LogP contribution in [0.1, 0.15) is 5.69 Å². The van der Waals surface area contributed by atoms with Crippen LogP contribution in [0.5, 0.6) is 0 Å². The molecule has 0 saturated heterocycles. The fourth-order valence-electron chi connectivity index (χ4n) is 2.03. The Balaban J connectivity index is 2.17. The molecule has 0 unspecified atom stereocenters. The molecule has 96 valence electrons. The van der Waals surface area contributed by atoms with Crippen LogP contribution in [0.15, 0.2) is 36.5 Å². The third-order valence-corrected chi connectivity index (χ3v) is 3.57. The van der Waals surface area contributed by atoms with Crippen LogP contribution in [0.2, 0.25) is 10.0 Å². The molecule has 2 N–H and O–H groups in total. The van der Waals surface area contributed by atoms with Gasteiger partial charge < -0.3 is 9.97 Å². The van der Waals surface area contributed by atoms with Gasteiger partial charge in [-0.1, -0.05) is 29.3 Å². The first-order chi connectivity index (χ1) is 9.16. The molecule has 0 radical (unpaired) electrons. The van der Waals surface area contributed by atoms with Crippen molar-refractivity contribution >= 4 is 23.2 Å². The van der Waals surface area contributed by atoms with E-state index in [4.69, 9.17) is 23.2 Å². The standard InChI is InChI=1S/C14H11Cl2N3/c1-8-13(12-9(15)4-2-5-10(12)16)19-14(18-8)11-6-3-7-17-11/h2-7,17H,1H3,(H,18,19). The SMILES string of the molecule is Cc1[nH]c(-c2ccc[nH]2)nc1-c1c(Cl)cccc1Cl. The summed E-state index contributed by atoms with van der Waals surface area (Å²) in [6.45, 7) is 1.95. The van der Waals surface area contributed by atoms with Crippen molar-refractivity contribution < 1.29 is 0 Å². The van der Waals surface area contributed by atoms with Crippen molar-refractivity contribution in [3.63, 3.8) is 0 Å². The van der Waals surface area contributed by atoms with Crippen LogP contribution < -0.4 is 0 Å². The smallest absolute Gasteiger partial charge is 0.154 e. The summed E-state index contributed by atoms with van der Waals surface area (Å²) in [6.07, 6.45) is 1.86. The summed E-state index contributed by atoms with van der Waals surface area (Å²) in [5.74, 6) is 0.772. The highest BCUT2D eigenvalue weighted by Gasteiger charge is 2.16. The summed E-state index contributed by atoms with van der Waals surface area (Å²) in [7, 11) is 0. The number of imidazole rings is 1. The molecule has 5 heteroatoms. The molecule has 2 heterocycles. The van der Waals surface area contributed by atoms with E-state index in [1.54, 1.807) is 0 Å². The van der Waals surface area contributed by atoms with Crippen molar-refractivity contribution in [1.29, 1.82) is 0 Å². The van der Waals surface area contributed by atoms with E-state index >= 15 is 0 Å². The normalized spacial score (nSPS) is 10.9. The number of hydrogen-bond acceptors (Lipinski definition) is 1. The number of aryl methyl sites for hydroxylation is 1. The number of halogens is 2. The summed E-state index contributed by atoms with van der Waals surface area (Å²) >= 11 is 12.4. The largest absolute Gasteiger partial charge is 0.359 e. The minimum atomic E-state index is 0.597. The predicted molar refractivity (Wildman–Crippen MR) is 78.6 cm³/mol. The molecule has 0 atom stereocenters. The Hall–Kier alpha value is -1.71. The zero-order chi connectivity index (χ0) is 13.4. The summed E-state index contributed by atoms with van der Waals surface area (Å²) in [5.41, 5.74) is 3.40. The Morgan fingerprint density at radius 3 is 2.42 bits per heavy atom. The molecular weight excluding hydrogens is 281 g/mol.